The van der Waals surface area contributed by atoms with E-state index in [1.807, 2.05) is 52.0 Å². The second kappa shape index (κ2) is 18.9. The SMILES string of the molecule is CCCCC(CC)C(=O)NC1=CC(=[N+](CC)CC)C(C)=C/C1=C1/C(=O)C(c2cc(C)c(N(CC)CC)cc2NC(=O)C(CC)CCCC)=C1[O-]. The van der Waals surface area contributed by atoms with Crippen molar-refractivity contribution in [1.29, 1.82) is 0 Å². The highest BCUT2D eigenvalue weighted by Gasteiger charge is 2.36. The van der Waals surface area contributed by atoms with Gasteiger partial charge in [0.2, 0.25) is 17.5 Å². The Morgan fingerprint density at radius 3 is 1.84 bits per heavy atom. The number of Topliss-reactive ketones (excluding diaryl/α,β-unsaturated/α-hetero) is 1. The third-order valence-electron chi connectivity index (χ3n) is 10.4. The van der Waals surface area contributed by atoms with Gasteiger partial charge in [0.1, 0.15) is 13.1 Å². The first kappa shape index (κ1) is 40.5. The molecule has 0 aliphatic heterocycles. The molecule has 8 heteroatoms. The molecular weight excluding hydrogens is 624 g/mol. The quantitative estimate of drug-likeness (QED) is 0.122. The van der Waals surface area contributed by atoms with Crippen LogP contribution in [0.5, 0.6) is 0 Å². The smallest absolute Gasteiger partial charge is 0.227 e. The third-order valence-corrected chi connectivity index (χ3v) is 10.4. The van der Waals surface area contributed by atoms with Crippen molar-refractivity contribution in [3.05, 3.63) is 63.6 Å². The largest absolute Gasteiger partial charge is 0.871 e. The van der Waals surface area contributed by atoms with Crippen LogP contribution in [0.1, 0.15) is 125 Å². The van der Waals surface area contributed by atoms with Gasteiger partial charge in [-0.25, -0.2) is 4.58 Å². The average molecular weight is 687 g/mol. The zero-order valence-corrected chi connectivity index (χ0v) is 32.5. The van der Waals surface area contributed by atoms with Crippen LogP contribution in [0.25, 0.3) is 5.57 Å². The lowest BCUT2D eigenvalue weighted by Gasteiger charge is -2.35. The summed E-state index contributed by atoms with van der Waals surface area (Å²) in [6.45, 7) is 23.6. The molecule has 2 aliphatic rings. The number of hydrogen-bond acceptors (Lipinski definition) is 5. The highest BCUT2D eigenvalue weighted by atomic mass is 16.3. The standard InChI is InChI=1S/C42H62N4O4/c1-11-19-21-29(13-3)41(49)43-33-25-35(45(15-5)16-6)27(9)23-31(33)37-39(47)38(40(37)48)32-24-28(10)36(46(17-7)18-8)26-34(32)44-42(50)30(14-4)22-20-12-2/h23-26,29-30H,11-22H2,1-10H3,(H2,43,44,47,48,49,50). The van der Waals surface area contributed by atoms with Gasteiger partial charge in [0.25, 0.3) is 0 Å². The number of nitrogens with one attached hydrogen (secondary N) is 2. The molecule has 1 aromatic rings. The minimum atomic E-state index is -0.373. The molecule has 0 spiro atoms. The lowest BCUT2D eigenvalue weighted by molar-refractivity contribution is -0.519. The number of carbonyl (C=O) groups is 3. The second-order valence-corrected chi connectivity index (χ2v) is 13.6. The summed E-state index contributed by atoms with van der Waals surface area (Å²) in [5.74, 6) is -1.26. The summed E-state index contributed by atoms with van der Waals surface area (Å²) in [7, 11) is 0. The van der Waals surface area contributed by atoms with Gasteiger partial charge in [-0.3, -0.25) is 14.4 Å². The Labute approximate surface area is 301 Å². The predicted molar refractivity (Wildman–Crippen MR) is 205 cm³/mol. The molecule has 0 saturated heterocycles. The number of aryl methyl sites for hydroxylation is 1. The van der Waals surface area contributed by atoms with Gasteiger partial charge in [-0.05, 0) is 91.0 Å². The molecule has 2 unspecified atom stereocenters. The summed E-state index contributed by atoms with van der Waals surface area (Å²) in [5.41, 5.74) is 5.77. The van der Waals surface area contributed by atoms with Gasteiger partial charge in [-0.2, -0.15) is 0 Å². The number of anilines is 2. The van der Waals surface area contributed by atoms with E-state index in [0.29, 0.717) is 35.4 Å². The van der Waals surface area contributed by atoms with E-state index in [0.717, 1.165) is 87.2 Å². The Hall–Kier alpha value is -3.94. The fraction of sp³-hybridized carbons (Fsp3) is 0.571. The van der Waals surface area contributed by atoms with E-state index in [2.05, 4.69) is 61.7 Å². The lowest BCUT2D eigenvalue weighted by atomic mass is 9.77. The Kier molecular flexibility index (Phi) is 15.3. The molecule has 2 amide bonds. The van der Waals surface area contributed by atoms with E-state index in [-0.39, 0.29) is 46.3 Å². The monoisotopic (exact) mass is 686 g/mol. The van der Waals surface area contributed by atoms with Crippen molar-refractivity contribution in [3.63, 3.8) is 0 Å². The third kappa shape index (κ3) is 8.85. The van der Waals surface area contributed by atoms with Gasteiger partial charge in [-0.15, -0.1) is 0 Å². The number of carbonyl (C=O) groups excluding carboxylic acids is 3. The van der Waals surface area contributed by atoms with Crippen molar-refractivity contribution in [2.24, 2.45) is 11.8 Å². The van der Waals surface area contributed by atoms with Crippen LogP contribution in [0.4, 0.5) is 11.4 Å². The van der Waals surface area contributed by atoms with Crippen molar-refractivity contribution < 1.29 is 24.1 Å². The van der Waals surface area contributed by atoms with Crippen LogP contribution in [-0.2, 0) is 14.4 Å². The summed E-state index contributed by atoms with van der Waals surface area (Å²) < 4.78 is 2.20. The van der Waals surface area contributed by atoms with Crippen LogP contribution in [0, 0.1) is 18.8 Å². The number of unbranched alkanes of at least 4 members (excludes halogenated alkanes) is 2. The van der Waals surface area contributed by atoms with Crippen LogP contribution in [-0.4, -0.2) is 54.1 Å². The Morgan fingerprint density at radius 2 is 1.36 bits per heavy atom. The number of benzene rings is 1. The van der Waals surface area contributed by atoms with E-state index >= 15 is 0 Å². The molecule has 1 aromatic carbocycles. The molecular formula is C42H62N4O4. The number of ketones is 1. The highest BCUT2D eigenvalue weighted by molar-refractivity contribution is 6.40. The predicted octanol–water partition coefficient (Wildman–Crippen LogP) is 7.62. The summed E-state index contributed by atoms with van der Waals surface area (Å²) in [4.78, 5) is 43.7. The summed E-state index contributed by atoms with van der Waals surface area (Å²) in [5, 5.41) is 20.5. The van der Waals surface area contributed by atoms with Crippen molar-refractivity contribution >= 4 is 40.3 Å². The number of nitrogens with zero attached hydrogens (tertiary/aromatic N) is 2. The zero-order valence-electron chi connectivity index (χ0n) is 32.5. The van der Waals surface area contributed by atoms with Crippen molar-refractivity contribution in [3.8, 4) is 0 Å². The minimum absolute atomic E-state index is 0.0724. The normalized spacial score (nSPS) is 17.2. The first-order chi connectivity index (χ1) is 24.0. The van der Waals surface area contributed by atoms with Crippen molar-refractivity contribution in [1.82, 2.24) is 5.32 Å². The van der Waals surface area contributed by atoms with Gasteiger partial charge in [0.15, 0.2) is 5.78 Å². The Morgan fingerprint density at radius 1 is 0.800 bits per heavy atom. The molecule has 274 valence electrons. The molecule has 0 radical (unpaired) electrons. The number of rotatable bonds is 18. The van der Waals surface area contributed by atoms with Gasteiger partial charge in [0, 0.05) is 64.5 Å². The minimum Gasteiger partial charge on any atom is -0.871 e. The Balaban J connectivity index is 2.23. The summed E-state index contributed by atoms with van der Waals surface area (Å²) in [6.07, 6.45) is 10.7. The maximum atomic E-state index is 14.3. The molecule has 50 heavy (non-hydrogen) atoms. The number of allylic oxidation sites excluding steroid dienone is 5. The topological polar surface area (TPSA) is 105 Å². The summed E-state index contributed by atoms with van der Waals surface area (Å²) in [6, 6.07) is 3.79. The van der Waals surface area contributed by atoms with E-state index in [1.54, 1.807) is 0 Å². The van der Waals surface area contributed by atoms with Crippen LogP contribution in [0.2, 0.25) is 0 Å². The molecule has 2 aliphatic carbocycles. The van der Waals surface area contributed by atoms with Crippen LogP contribution >= 0.6 is 0 Å². The highest BCUT2D eigenvalue weighted by Crippen LogP contribution is 2.43. The van der Waals surface area contributed by atoms with Gasteiger partial charge in [-0.1, -0.05) is 59.1 Å². The molecule has 0 fully saturated rings. The second-order valence-electron chi connectivity index (χ2n) is 13.6. The zero-order chi connectivity index (χ0) is 37.1. The van der Waals surface area contributed by atoms with Crippen LogP contribution in [0.15, 0.2) is 52.5 Å². The van der Waals surface area contributed by atoms with E-state index in [9.17, 15) is 19.5 Å². The molecule has 2 atom stereocenters. The molecule has 0 heterocycles. The summed E-state index contributed by atoms with van der Waals surface area (Å²) >= 11 is 0. The molecule has 0 aromatic heterocycles. The fourth-order valence-corrected chi connectivity index (χ4v) is 7.12. The molecule has 8 nitrogen and oxygen atoms in total. The number of amides is 2. The number of hydrogen-bond donors (Lipinski definition) is 2. The Bertz CT molecular complexity index is 1580. The van der Waals surface area contributed by atoms with Crippen LogP contribution in [0.3, 0.4) is 0 Å². The van der Waals surface area contributed by atoms with Gasteiger partial charge in [0.05, 0.1) is 11.4 Å². The van der Waals surface area contributed by atoms with Crippen molar-refractivity contribution in [2.75, 3.05) is 36.4 Å². The molecule has 0 saturated carbocycles. The maximum Gasteiger partial charge on any atom is 0.227 e. The van der Waals surface area contributed by atoms with Gasteiger partial charge < -0.3 is 20.6 Å². The van der Waals surface area contributed by atoms with E-state index in [1.165, 1.54) is 0 Å². The maximum absolute atomic E-state index is 14.3. The van der Waals surface area contributed by atoms with Gasteiger partial charge >= 0.3 is 0 Å². The van der Waals surface area contributed by atoms with Crippen molar-refractivity contribution in [2.45, 2.75) is 121 Å². The fourth-order valence-electron chi connectivity index (χ4n) is 7.12. The van der Waals surface area contributed by atoms with Crippen LogP contribution < -0.4 is 20.6 Å². The molecule has 0 bridgehead atoms. The molecule has 2 N–H and O–H groups in total. The van der Waals surface area contributed by atoms with E-state index < -0.39 is 0 Å². The molecule has 3 rings (SSSR count). The van der Waals surface area contributed by atoms with E-state index in [4.69, 9.17) is 0 Å². The average Bonchev–Trinajstić information content (AvgIpc) is 3.10. The first-order valence-corrected chi connectivity index (χ1v) is 19.2. The lowest BCUT2D eigenvalue weighted by Crippen LogP contribution is -2.36. The first-order valence-electron chi connectivity index (χ1n) is 19.2.